The summed E-state index contributed by atoms with van der Waals surface area (Å²) in [6.07, 6.45) is 0. The number of diazo groups is 1. The largest absolute Gasteiger partial charge is 1.00 e. The van der Waals surface area contributed by atoms with Gasteiger partial charge >= 0.3 is 5.69 Å². The Morgan fingerprint density at radius 2 is 1.93 bits per heavy atom. The summed E-state index contributed by atoms with van der Waals surface area (Å²) in [7, 11) is 0. The van der Waals surface area contributed by atoms with E-state index in [4.69, 9.17) is 17.0 Å². The quantitative estimate of drug-likeness (QED) is 0.734. The van der Waals surface area contributed by atoms with E-state index >= 15 is 0 Å². The fraction of sp³-hybridized carbons (Fsp3) is 0.400. The van der Waals surface area contributed by atoms with Crippen molar-refractivity contribution in [2.24, 2.45) is 0 Å². The number of hydrogen-bond acceptors (Lipinski definition) is 2. The van der Waals surface area contributed by atoms with E-state index in [1.807, 2.05) is 12.1 Å². The van der Waals surface area contributed by atoms with Crippen LogP contribution < -0.4 is 17.3 Å². The lowest BCUT2D eigenvalue weighted by Crippen LogP contribution is -3.00. The first-order valence-corrected chi connectivity index (χ1v) is 5.00. The molecule has 3 nitrogen and oxygen atoms in total. The van der Waals surface area contributed by atoms with Crippen molar-refractivity contribution in [1.29, 1.82) is 5.39 Å². The van der Waals surface area contributed by atoms with E-state index in [0.717, 1.165) is 18.8 Å². The Balaban J connectivity index is 0.00000196. The van der Waals surface area contributed by atoms with E-state index in [1.54, 1.807) is 6.07 Å². The molecule has 15 heavy (non-hydrogen) atoms. The second-order valence-electron chi connectivity index (χ2n) is 2.91. The van der Waals surface area contributed by atoms with Crippen LogP contribution in [0.1, 0.15) is 13.8 Å². The molecule has 0 aliphatic carbocycles. The fourth-order valence-corrected chi connectivity index (χ4v) is 1.57. The summed E-state index contributed by atoms with van der Waals surface area (Å²) in [4.78, 5) is 5.25. The van der Waals surface area contributed by atoms with Crippen molar-refractivity contribution in [2.75, 3.05) is 18.0 Å². The molecule has 0 saturated heterocycles. The Morgan fingerprint density at radius 3 is 2.33 bits per heavy atom. The lowest BCUT2D eigenvalue weighted by Gasteiger charge is -2.20. The van der Waals surface area contributed by atoms with Crippen molar-refractivity contribution in [3.63, 3.8) is 0 Å². The zero-order chi connectivity index (χ0) is 10.6. The molecule has 0 aliphatic rings. The van der Waals surface area contributed by atoms with Gasteiger partial charge in [0, 0.05) is 24.8 Å². The molecule has 0 N–H and O–H groups in total. The lowest BCUT2D eigenvalue weighted by molar-refractivity contribution is -0.00000309. The van der Waals surface area contributed by atoms with Gasteiger partial charge in [-0.05, 0) is 26.0 Å². The summed E-state index contributed by atoms with van der Waals surface area (Å²) in [5.41, 5.74) is 1.45. The molecule has 5 heteroatoms. The first kappa shape index (κ1) is 14.0. The molecule has 1 rings (SSSR count). The molecule has 0 fully saturated rings. The van der Waals surface area contributed by atoms with Gasteiger partial charge in [-0.25, -0.2) is 0 Å². The first-order valence-electron chi connectivity index (χ1n) is 4.62. The molecular formula is C10H13Cl2N3. The van der Waals surface area contributed by atoms with E-state index in [-0.39, 0.29) is 12.4 Å². The zero-order valence-corrected chi connectivity index (χ0v) is 10.3. The van der Waals surface area contributed by atoms with E-state index in [9.17, 15) is 0 Å². The lowest BCUT2D eigenvalue weighted by atomic mass is 10.2. The number of halogens is 2. The van der Waals surface area contributed by atoms with Gasteiger partial charge in [-0.1, -0.05) is 11.6 Å². The molecule has 0 atom stereocenters. The molecule has 0 heterocycles. The van der Waals surface area contributed by atoms with Gasteiger partial charge in [-0.3, -0.25) is 0 Å². The number of anilines is 1. The van der Waals surface area contributed by atoms with E-state index in [0.29, 0.717) is 10.7 Å². The van der Waals surface area contributed by atoms with Crippen LogP contribution in [0.3, 0.4) is 0 Å². The maximum Gasteiger partial charge on any atom is 0.403 e. The Morgan fingerprint density at radius 1 is 1.33 bits per heavy atom. The molecule has 1 aromatic carbocycles. The van der Waals surface area contributed by atoms with Gasteiger partial charge in [-0.2, -0.15) is 0 Å². The molecule has 82 valence electrons. The molecular weight excluding hydrogens is 233 g/mol. The maximum absolute atomic E-state index is 8.59. The van der Waals surface area contributed by atoms with Gasteiger partial charge in [0.25, 0.3) is 0 Å². The molecule has 0 radical (unpaired) electrons. The minimum atomic E-state index is 0. The Hall–Kier alpha value is -0.980. The van der Waals surface area contributed by atoms with Crippen LogP contribution in [0.4, 0.5) is 11.4 Å². The monoisotopic (exact) mass is 245 g/mol. The number of hydrogen-bond donors (Lipinski definition) is 0. The van der Waals surface area contributed by atoms with Crippen LogP contribution >= 0.6 is 11.6 Å². The van der Waals surface area contributed by atoms with Crippen molar-refractivity contribution in [2.45, 2.75) is 13.8 Å². The number of benzene rings is 1. The minimum Gasteiger partial charge on any atom is -1.00 e. The molecule has 0 amide bonds. The van der Waals surface area contributed by atoms with Crippen molar-refractivity contribution in [3.05, 3.63) is 28.2 Å². The van der Waals surface area contributed by atoms with Gasteiger partial charge in [0.1, 0.15) is 5.02 Å². The van der Waals surface area contributed by atoms with Crippen LogP contribution in [0.15, 0.2) is 18.2 Å². The van der Waals surface area contributed by atoms with Crippen LogP contribution in [0.25, 0.3) is 4.98 Å². The SMILES string of the molecule is CCN(CC)c1ccc([N+]#N)c(Cl)c1.[Cl-]. The van der Waals surface area contributed by atoms with Crippen LogP contribution in [0, 0.1) is 5.39 Å². The van der Waals surface area contributed by atoms with Crippen molar-refractivity contribution in [1.82, 2.24) is 0 Å². The van der Waals surface area contributed by atoms with Gasteiger partial charge < -0.3 is 17.3 Å². The van der Waals surface area contributed by atoms with Gasteiger partial charge in [-0.15, -0.1) is 0 Å². The first-order chi connectivity index (χ1) is 6.72. The molecule has 0 saturated carbocycles. The Kier molecular flexibility index (Phi) is 6.07. The molecule has 0 unspecified atom stereocenters. The minimum absolute atomic E-state index is 0. The highest BCUT2D eigenvalue weighted by atomic mass is 35.5. The summed E-state index contributed by atoms with van der Waals surface area (Å²) in [6, 6.07) is 5.41. The standard InChI is InChI=1S/C10H13ClN3.ClH/c1-3-14(4-2)8-5-6-10(13-12)9(11)7-8;/h5-7H,3-4H2,1-2H3;1H/q+1;/p-1. The second kappa shape index (κ2) is 6.49. The smallest absolute Gasteiger partial charge is 0.403 e. The van der Waals surface area contributed by atoms with Crippen molar-refractivity contribution >= 4 is 23.0 Å². The number of rotatable bonds is 3. The van der Waals surface area contributed by atoms with Crippen LogP contribution in [-0.2, 0) is 0 Å². The Bertz CT molecular complexity index is 356. The molecule has 0 spiro atoms. The van der Waals surface area contributed by atoms with Crippen LogP contribution in [-0.4, -0.2) is 13.1 Å². The predicted molar refractivity (Wildman–Crippen MR) is 59.8 cm³/mol. The molecule has 0 bridgehead atoms. The second-order valence-corrected chi connectivity index (χ2v) is 3.32. The summed E-state index contributed by atoms with van der Waals surface area (Å²) < 4.78 is 0. The topological polar surface area (TPSA) is 31.4 Å². The maximum atomic E-state index is 8.59. The summed E-state index contributed by atoms with van der Waals surface area (Å²) in [5.74, 6) is 0. The third-order valence-corrected chi connectivity index (χ3v) is 2.47. The third-order valence-electron chi connectivity index (χ3n) is 2.17. The van der Waals surface area contributed by atoms with E-state index in [2.05, 4.69) is 23.7 Å². The van der Waals surface area contributed by atoms with Crippen LogP contribution in [0.5, 0.6) is 0 Å². The van der Waals surface area contributed by atoms with Gasteiger partial charge in [0.2, 0.25) is 5.39 Å². The van der Waals surface area contributed by atoms with Crippen molar-refractivity contribution < 1.29 is 12.4 Å². The Labute approximate surface area is 101 Å². The molecule has 1 aromatic rings. The zero-order valence-electron chi connectivity index (χ0n) is 8.74. The van der Waals surface area contributed by atoms with Crippen LogP contribution in [0.2, 0.25) is 5.02 Å². The van der Waals surface area contributed by atoms with Crippen molar-refractivity contribution in [3.8, 4) is 0 Å². The molecule has 0 aliphatic heterocycles. The van der Waals surface area contributed by atoms with Gasteiger partial charge in [0.05, 0.1) is 0 Å². The average molecular weight is 246 g/mol. The molecule has 0 aromatic heterocycles. The third kappa shape index (κ3) is 3.26. The van der Waals surface area contributed by atoms with E-state index in [1.165, 1.54) is 0 Å². The predicted octanol–water partition coefficient (Wildman–Crippen LogP) is 0.675. The summed E-state index contributed by atoms with van der Waals surface area (Å²) in [6.45, 7) is 6.04. The average Bonchev–Trinajstić information content (AvgIpc) is 2.20. The summed E-state index contributed by atoms with van der Waals surface area (Å²) >= 11 is 5.91. The summed E-state index contributed by atoms with van der Waals surface area (Å²) in [5, 5.41) is 9.06. The normalized spacial score (nSPS) is 8.93. The van der Waals surface area contributed by atoms with E-state index < -0.39 is 0 Å². The highest BCUT2D eigenvalue weighted by Gasteiger charge is 2.13. The highest BCUT2D eigenvalue weighted by Crippen LogP contribution is 2.29. The highest BCUT2D eigenvalue weighted by molar-refractivity contribution is 6.33. The fourth-order valence-electron chi connectivity index (χ4n) is 1.36. The van der Waals surface area contributed by atoms with Gasteiger partial charge in [0.15, 0.2) is 4.98 Å². The number of nitrogens with zero attached hydrogens (tertiary/aromatic N) is 3.